The van der Waals surface area contributed by atoms with Crippen molar-refractivity contribution in [2.24, 2.45) is 0 Å². The van der Waals surface area contributed by atoms with Crippen molar-refractivity contribution < 1.29 is 29.3 Å². The van der Waals surface area contributed by atoms with E-state index in [1.165, 1.54) is 0 Å². The van der Waals surface area contributed by atoms with E-state index in [4.69, 9.17) is 29.3 Å². The Bertz CT molecular complexity index is 461. The number of aliphatic carboxylic acids is 2. The van der Waals surface area contributed by atoms with E-state index in [0.717, 1.165) is 49.7 Å². The van der Waals surface area contributed by atoms with Crippen LogP contribution in [0.2, 0.25) is 0 Å². The zero-order valence-corrected chi connectivity index (χ0v) is 13.5. The average Bonchev–Trinajstić information content (AvgIpc) is 2.51. The lowest BCUT2D eigenvalue weighted by atomic mass is 10.3. The zero-order chi connectivity index (χ0) is 16.4. The van der Waals surface area contributed by atoms with Gasteiger partial charge in [-0.25, -0.2) is 9.59 Å². The third-order valence-corrected chi connectivity index (χ3v) is 3.31. The second kappa shape index (κ2) is 10.1. The van der Waals surface area contributed by atoms with Gasteiger partial charge in [0.1, 0.15) is 12.4 Å². The fourth-order valence-electron chi connectivity index (χ4n) is 1.65. The molecule has 8 heteroatoms. The summed E-state index contributed by atoms with van der Waals surface area (Å²) in [5.74, 6) is -2.72. The molecule has 0 spiro atoms. The molecule has 1 heterocycles. The average molecular weight is 376 g/mol. The largest absolute Gasteiger partial charge is 0.492 e. The highest BCUT2D eigenvalue weighted by Gasteiger charge is 2.09. The number of morpholine rings is 1. The summed E-state index contributed by atoms with van der Waals surface area (Å²) in [6, 6.07) is 7.93. The Hall–Kier alpha value is -1.64. The highest BCUT2D eigenvalue weighted by Crippen LogP contribution is 2.15. The predicted molar refractivity (Wildman–Crippen MR) is 82.2 cm³/mol. The molecule has 22 heavy (non-hydrogen) atoms. The lowest BCUT2D eigenvalue weighted by Crippen LogP contribution is -2.38. The van der Waals surface area contributed by atoms with Crippen molar-refractivity contribution in [3.05, 3.63) is 28.7 Å². The lowest BCUT2D eigenvalue weighted by molar-refractivity contribution is -0.159. The molecule has 0 unspecified atom stereocenters. The molecule has 1 aliphatic rings. The number of ether oxygens (including phenoxy) is 2. The third kappa shape index (κ3) is 7.96. The molecule has 7 nitrogen and oxygen atoms in total. The first-order valence-corrected chi connectivity index (χ1v) is 7.43. The molecule has 122 valence electrons. The quantitative estimate of drug-likeness (QED) is 0.765. The van der Waals surface area contributed by atoms with Crippen LogP contribution in [0, 0.1) is 0 Å². The summed E-state index contributed by atoms with van der Waals surface area (Å²) in [5.41, 5.74) is 0. The van der Waals surface area contributed by atoms with Crippen LogP contribution < -0.4 is 4.74 Å². The molecular weight excluding hydrogens is 358 g/mol. The van der Waals surface area contributed by atoms with Gasteiger partial charge in [-0.05, 0) is 24.3 Å². The number of hydrogen-bond donors (Lipinski definition) is 2. The highest BCUT2D eigenvalue weighted by molar-refractivity contribution is 9.10. The minimum absolute atomic E-state index is 0.738. The number of carboxylic acid groups (broad SMARTS) is 2. The van der Waals surface area contributed by atoms with Crippen LogP contribution in [0.4, 0.5) is 0 Å². The number of hydrogen-bond acceptors (Lipinski definition) is 5. The minimum atomic E-state index is -1.82. The zero-order valence-electron chi connectivity index (χ0n) is 11.9. The molecular formula is C14H18BrNO6. The van der Waals surface area contributed by atoms with Crippen LogP contribution in [-0.2, 0) is 14.3 Å². The first-order chi connectivity index (χ1) is 10.5. The Morgan fingerprint density at radius 3 is 2.18 bits per heavy atom. The Labute approximate surface area is 136 Å². The van der Waals surface area contributed by atoms with Gasteiger partial charge in [0.15, 0.2) is 0 Å². The summed E-state index contributed by atoms with van der Waals surface area (Å²) in [6.07, 6.45) is 0. The molecule has 1 aromatic carbocycles. The minimum Gasteiger partial charge on any atom is -0.492 e. The number of rotatable bonds is 4. The van der Waals surface area contributed by atoms with Gasteiger partial charge in [0.2, 0.25) is 0 Å². The van der Waals surface area contributed by atoms with Gasteiger partial charge in [-0.3, -0.25) is 4.90 Å². The molecule has 0 aliphatic carbocycles. The number of halogens is 1. The predicted octanol–water partition coefficient (Wildman–Crippen LogP) is 1.32. The van der Waals surface area contributed by atoms with Crippen molar-refractivity contribution in [1.82, 2.24) is 4.90 Å². The van der Waals surface area contributed by atoms with Crippen molar-refractivity contribution in [3.63, 3.8) is 0 Å². The van der Waals surface area contributed by atoms with E-state index in [2.05, 4.69) is 20.8 Å². The van der Waals surface area contributed by atoms with E-state index >= 15 is 0 Å². The lowest BCUT2D eigenvalue weighted by Gasteiger charge is -2.26. The van der Waals surface area contributed by atoms with E-state index in [9.17, 15) is 0 Å². The van der Waals surface area contributed by atoms with Crippen LogP contribution in [0.5, 0.6) is 5.75 Å². The number of benzene rings is 1. The smallest absolute Gasteiger partial charge is 0.414 e. The van der Waals surface area contributed by atoms with Crippen molar-refractivity contribution in [1.29, 1.82) is 0 Å². The van der Waals surface area contributed by atoms with Crippen LogP contribution in [0.15, 0.2) is 28.7 Å². The molecule has 0 amide bonds. The maximum atomic E-state index is 9.10. The van der Waals surface area contributed by atoms with Gasteiger partial charge in [0, 0.05) is 24.1 Å². The number of carboxylic acids is 2. The molecule has 1 saturated heterocycles. The molecule has 1 aliphatic heterocycles. The standard InChI is InChI=1S/C12H16BrNO2.C2H2O4/c13-11-1-3-12(4-2-11)16-10-7-14-5-8-15-9-6-14;3-1(4)2(5)6/h1-4H,5-10H2;(H,3,4)(H,5,6). The molecule has 1 fully saturated rings. The fourth-order valence-corrected chi connectivity index (χ4v) is 1.91. The Balaban J connectivity index is 0.000000346. The molecule has 2 N–H and O–H groups in total. The number of carbonyl (C=O) groups is 2. The second-order valence-electron chi connectivity index (χ2n) is 4.37. The summed E-state index contributed by atoms with van der Waals surface area (Å²) < 4.78 is 12.0. The Kier molecular flexibility index (Phi) is 8.49. The van der Waals surface area contributed by atoms with Crippen LogP contribution in [-0.4, -0.2) is 66.5 Å². The van der Waals surface area contributed by atoms with Crippen LogP contribution >= 0.6 is 15.9 Å². The van der Waals surface area contributed by atoms with Crippen molar-refractivity contribution in [3.8, 4) is 5.75 Å². The maximum absolute atomic E-state index is 9.10. The van der Waals surface area contributed by atoms with Crippen molar-refractivity contribution >= 4 is 27.9 Å². The SMILES string of the molecule is Brc1ccc(OCCN2CCOCC2)cc1.O=C(O)C(=O)O. The third-order valence-electron chi connectivity index (χ3n) is 2.78. The summed E-state index contributed by atoms with van der Waals surface area (Å²) in [7, 11) is 0. The van der Waals surface area contributed by atoms with Gasteiger partial charge in [-0.1, -0.05) is 15.9 Å². The molecule has 2 rings (SSSR count). The summed E-state index contributed by atoms with van der Waals surface area (Å²) in [6.45, 7) is 5.44. The van der Waals surface area contributed by atoms with E-state index in [-0.39, 0.29) is 0 Å². The number of nitrogens with zero attached hydrogens (tertiary/aromatic N) is 1. The van der Waals surface area contributed by atoms with Crippen molar-refractivity contribution in [2.45, 2.75) is 0 Å². The van der Waals surface area contributed by atoms with Crippen LogP contribution in [0.25, 0.3) is 0 Å². The Morgan fingerprint density at radius 2 is 1.68 bits per heavy atom. The molecule has 0 aromatic heterocycles. The molecule has 0 saturated carbocycles. The second-order valence-corrected chi connectivity index (χ2v) is 5.28. The van der Waals surface area contributed by atoms with Crippen LogP contribution in [0.3, 0.4) is 0 Å². The topological polar surface area (TPSA) is 96.3 Å². The molecule has 0 bridgehead atoms. The first-order valence-electron chi connectivity index (χ1n) is 6.63. The highest BCUT2D eigenvalue weighted by atomic mass is 79.9. The fraction of sp³-hybridized carbons (Fsp3) is 0.429. The monoisotopic (exact) mass is 375 g/mol. The summed E-state index contributed by atoms with van der Waals surface area (Å²) >= 11 is 3.40. The summed E-state index contributed by atoms with van der Waals surface area (Å²) in [4.78, 5) is 20.6. The van der Waals surface area contributed by atoms with E-state index < -0.39 is 11.9 Å². The molecule has 0 radical (unpaired) electrons. The van der Waals surface area contributed by atoms with Gasteiger partial charge in [0.25, 0.3) is 0 Å². The van der Waals surface area contributed by atoms with Gasteiger partial charge in [-0.15, -0.1) is 0 Å². The van der Waals surface area contributed by atoms with E-state index in [0.29, 0.717) is 0 Å². The van der Waals surface area contributed by atoms with Crippen LogP contribution in [0.1, 0.15) is 0 Å². The normalized spacial score (nSPS) is 14.6. The first kappa shape index (κ1) is 18.4. The molecule has 0 atom stereocenters. The van der Waals surface area contributed by atoms with Crippen molar-refractivity contribution in [2.75, 3.05) is 39.5 Å². The maximum Gasteiger partial charge on any atom is 0.414 e. The molecule has 1 aromatic rings. The van der Waals surface area contributed by atoms with Gasteiger partial charge < -0.3 is 19.7 Å². The van der Waals surface area contributed by atoms with Gasteiger partial charge in [-0.2, -0.15) is 0 Å². The van der Waals surface area contributed by atoms with E-state index in [1.807, 2.05) is 24.3 Å². The van der Waals surface area contributed by atoms with Gasteiger partial charge in [0.05, 0.1) is 13.2 Å². The Morgan fingerprint density at radius 1 is 1.14 bits per heavy atom. The summed E-state index contributed by atoms with van der Waals surface area (Å²) in [5, 5.41) is 14.8. The van der Waals surface area contributed by atoms with E-state index in [1.54, 1.807) is 0 Å². The van der Waals surface area contributed by atoms with Gasteiger partial charge >= 0.3 is 11.9 Å².